The van der Waals surface area contributed by atoms with Gasteiger partial charge in [0.25, 0.3) is 0 Å². The number of carboxylic acid groups (broad SMARTS) is 1. The van der Waals surface area contributed by atoms with Crippen molar-refractivity contribution in [2.24, 2.45) is 0 Å². The first-order valence-electron chi connectivity index (χ1n) is 13.6. The Hall–Kier alpha value is -3.45. The van der Waals surface area contributed by atoms with Gasteiger partial charge in [0.05, 0.1) is 30.9 Å². The zero-order valence-corrected chi connectivity index (χ0v) is 24.4. The maximum absolute atomic E-state index is 14.1. The fraction of sp³-hybridized carbons (Fsp3) is 0.379. The van der Waals surface area contributed by atoms with Crippen LogP contribution in [0.5, 0.6) is 5.88 Å². The summed E-state index contributed by atoms with van der Waals surface area (Å²) in [5.74, 6) is -1.01. The van der Waals surface area contributed by atoms with Gasteiger partial charge in [-0.05, 0) is 55.7 Å². The fourth-order valence-corrected chi connectivity index (χ4v) is 5.81. The summed E-state index contributed by atoms with van der Waals surface area (Å²) in [6.07, 6.45) is -3.51. The third-order valence-corrected chi connectivity index (χ3v) is 8.40. The van der Waals surface area contributed by atoms with Crippen LogP contribution in [0.2, 0.25) is 10.0 Å². The highest BCUT2D eigenvalue weighted by Gasteiger charge is 2.38. The highest BCUT2D eigenvalue weighted by molar-refractivity contribution is 6.35. The van der Waals surface area contributed by atoms with Crippen LogP contribution in [-0.2, 0) is 37.0 Å². The molecule has 2 atom stereocenters. The second-order valence-electron chi connectivity index (χ2n) is 10.6. The summed E-state index contributed by atoms with van der Waals surface area (Å²) in [6.45, 7) is 3.57. The number of halogens is 5. The number of hydrogen-bond donors (Lipinski definition) is 1. The lowest BCUT2D eigenvalue weighted by atomic mass is 9.97. The number of benzene rings is 1. The van der Waals surface area contributed by atoms with Crippen LogP contribution in [0, 0.1) is 0 Å². The molecule has 5 heterocycles. The Bertz CT molecular complexity index is 1710. The highest BCUT2D eigenvalue weighted by atomic mass is 35.5. The lowest BCUT2D eigenvalue weighted by Crippen LogP contribution is -2.36. The molecule has 9 nitrogen and oxygen atoms in total. The maximum Gasteiger partial charge on any atom is 0.421 e. The molecule has 2 aliphatic rings. The number of aromatic carboxylic acids is 1. The Morgan fingerprint density at radius 3 is 2.63 bits per heavy atom. The Morgan fingerprint density at radius 2 is 1.95 bits per heavy atom. The number of carbonyl (C=O) groups is 1. The van der Waals surface area contributed by atoms with Gasteiger partial charge in [-0.15, -0.1) is 0 Å². The van der Waals surface area contributed by atoms with E-state index in [-0.39, 0.29) is 29.5 Å². The minimum absolute atomic E-state index is 0.0396. The molecular weight excluding hydrogens is 610 g/mol. The van der Waals surface area contributed by atoms with E-state index in [1.54, 1.807) is 18.2 Å². The smallest absolute Gasteiger partial charge is 0.421 e. The number of rotatable bonds is 8. The van der Waals surface area contributed by atoms with Crippen LogP contribution in [-0.4, -0.2) is 54.8 Å². The SMILES string of the molecule is C[C@H]1c2nc(OCc3ccc(Cl)cc3Cl)c(C(F)(F)F)cc2CCN1Cc1nc2ccc(C(=O)O)nc2n1C[C@@H]1CCO1. The van der Waals surface area contributed by atoms with Gasteiger partial charge in [0.2, 0.25) is 5.88 Å². The average molecular weight is 636 g/mol. The monoisotopic (exact) mass is 635 g/mol. The van der Waals surface area contributed by atoms with Gasteiger partial charge < -0.3 is 19.1 Å². The first kappa shape index (κ1) is 29.6. The number of pyridine rings is 2. The normalized spacial score (nSPS) is 18.8. The molecule has 1 N–H and O–H groups in total. The number of alkyl halides is 3. The van der Waals surface area contributed by atoms with Gasteiger partial charge in [-0.25, -0.2) is 19.7 Å². The molecule has 1 saturated heterocycles. The van der Waals surface area contributed by atoms with E-state index in [2.05, 4.69) is 14.9 Å². The van der Waals surface area contributed by atoms with Gasteiger partial charge in [0.1, 0.15) is 23.5 Å². The lowest BCUT2D eigenvalue weighted by molar-refractivity contribution is -0.139. The van der Waals surface area contributed by atoms with E-state index in [1.165, 1.54) is 12.1 Å². The number of imidazole rings is 1. The molecular formula is C29H26Cl2F3N5O4. The van der Waals surface area contributed by atoms with Crippen molar-refractivity contribution >= 4 is 40.3 Å². The first-order chi connectivity index (χ1) is 20.5. The van der Waals surface area contributed by atoms with Crippen LogP contribution in [0.3, 0.4) is 0 Å². The summed E-state index contributed by atoms with van der Waals surface area (Å²) in [4.78, 5) is 27.1. The van der Waals surface area contributed by atoms with E-state index >= 15 is 0 Å². The molecule has 1 aromatic carbocycles. The highest BCUT2D eigenvalue weighted by Crippen LogP contribution is 2.40. The minimum Gasteiger partial charge on any atom is -0.477 e. The van der Waals surface area contributed by atoms with Crippen molar-refractivity contribution in [1.29, 1.82) is 0 Å². The van der Waals surface area contributed by atoms with E-state index in [9.17, 15) is 23.1 Å². The number of ether oxygens (including phenoxy) is 2. The molecule has 0 bridgehead atoms. The molecule has 0 amide bonds. The molecule has 0 saturated carbocycles. The number of nitrogens with zero attached hydrogens (tertiary/aromatic N) is 5. The summed E-state index contributed by atoms with van der Waals surface area (Å²) in [5, 5.41) is 10.1. The molecule has 4 aromatic rings. The fourth-order valence-electron chi connectivity index (χ4n) is 5.35. The third kappa shape index (κ3) is 6.01. The lowest BCUT2D eigenvalue weighted by Gasteiger charge is -2.35. The first-order valence-corrected chi connectivity index (χ1v) is 14.4. The molecule has 226 valence electrons. The predicted molar refractivity (Wildman–Crippen MR) is 151 cm³/mol. The van der Waals surface area contributed by atoms with Crippen LogP contribution < -0.4 is 4.74 Å². The zero-order chi connectivity index (χ0) is 30.5. The topological polar surface area (TPSA) is 103 Å². The second-order valence-corrected chi connectivity index (χ2v) is 11.4. The van der Waals surface area contributed by atoms with Crippen LogP contribution >= 0.6 is 23.2 Å². The summed E-state index contributed by atoms with van der Waals surface area (Å²) in [5.41, 5.74) is 1.41. The Morgan fingerprint density at radius 1 is 1.16 bits per heavy atom. The Balaban J connectivity index is 1.31. The summed E-state index contributed by atoms with van der Waals surface area (Å²) < 4.78 is 55.3. The van der Waals surface area contributed by atoms with E-state index < -0.39 is 23.6 Å². The third-order valence-electron chi connectivity index (χ3n) is 7.81. The van der Waals surface area contributed by atoms with Gasteiger partial charge in [0, 0.05) is 28.8 Å². The van der Waals surface area contributed by atoms with Crippen LogP contribution in [0.4, 0.5) is 13.2 Å². The van der Waals surface area contributed by atoms with Crippen molar-refractivity contribution in [3.8, 4) is 5.88 Å². The molecule has 0 unspecified atom stereocenters. The van der Waals surface area contributed by atoms with Crippen LogP contribution in [0.1, 0.15) is 58.1 Å². The quantitative estimate of drug-likeness (QED) is 0.239. The molecule has 0 radical (unpaired) electrons. The minimum atomic E-state index is -4.67. The number of aromatic nitrogens is 4. The van der Waals surface area contributed by atoms with Crippen molar-refractivity contribution in [3.63, 3.8) is 0 Å². The molecule has 43 heavy (non-hydrogen) atoms. The van der Waals surface area contributed by atoms with Crippen molar-refractivity contribution in [2.75, 3.05) is 13.2 Å². The Kier molecular flexibility index (Phi) is 7.97. The summed E-state index contributed by atoms with van der Waals surface area (Å²) in [6, 6.07) is 8.45. The van der Waals surface area contributed by atoms with E-state index in [1.807, 2.05) is 11.5 Å². The standard InChI is InChI=1S/C29H26Cl2F3N5O4/c1-15-25-16(10-20(29(32,33)34)27(37-25)43-14-17-2-3-18(30)11-21(17)31)6-8-38(15)13-24-35-22-4-5-23(28(40)41)36-26(22)39(24)12-19-7-9-42-19/h2-5,10-11,15,19H,6-9,12-14H2,1H3,(H,40,41)/t15-,19-/m0/s1. The van der Waals surface area contributed by atoms with Gasteiger partial charge >= 0.3 is 12.1 Å². The summed E-state index contributed by atoms with van der Waals surface area (Å²) in [7, 11) is 0. The van der Waals surface area contributed by atoms with E-state index in [0.29, 0.717) is 71.5 Å². The molecule has 3 aromatic heterocycles. The van der Waals surface area contributed by atoms with Gasteiger partial charge in [0.15, 0.2) is 11.3 Å². The number of carboxylic acids is 1. The largest absolute Gasteiger partial charge is 0.477 e. The van der Waals surface area contributed by atoms with Crippen molar-refractivity contribution in [1.82, 2.24) is 24.4 Å². The van der Waals surface area contributed by atoms with Gasteiger partial charge in [-0.2, -0.15) is 13.2 Å². The zero-order valence-electron chi connectivity index (χ0n) is 22.9. The molecule has 1 fully saturated rings. The average Bonchev–Trinajstić information content (AvgIpc) is 3.27. The Labute approximate surface area is 254 Å². The molecule has 14 heteroatoms. The maximum atomic E-state index is 14.1. The molecule has 0 spiro atoms. The van der Waals surface area contributed by atoms with E-state index in [4.69, 9.17) is 37.7 Å². The number of hydrogen-bond acceptors (Lipinski definition) is 7. The molecule has 2 aliphatic heterocycles. The van der Waals surface area contributed by atoms with Crippen molar-refractivity contribution in [3.05, 3.63) is 80.3 Å². The summed E-state index contributed by atoms with van der Waals surface area (Å²) >= 11 is 12.2. The van der Waals surface area contributed by atoms with E-state index in [0.717, 1.165) is 12.5 Å². The molecule has 0 aliphatic carbocycles. The van der Waals surface area contributed by atoms with Gasteiger partial charge in [-0.1, -0.05) is 29.3 Å². The number of fused-ring (bicyclic) bond motifs is 2. The predicted octanol–water partition coefficient (Wildman–Crippen LogP) is 6.34. The van der Waals surface area contributed by atoms with Crippen molar-refractivity contribution in [2.45, 2.75) is 57.8 Å². The van der Waals surface area contributed by atoms with Crippen molar-refractivity contribution < 1.29 is 32.5 Å². The second kappa shape index (κ2) is 11.6. The molecule has 6 rings (SSSR count). The van der Waals surface area contributed by atoms with Crippen LogP contribution in [0.25, 0.3) is 11.2 Å². The van der Waals surface area contributed by atoms with Crippen LogP contribution in [0.15, 0.2) is 36.4 Å². The van der Waals surface area contributed by atoms with Gasteiger partial charge in [-0.3, -0.25) is 4.90 Å².